The van der Waals surface area contributed by atoms with E-state index in [1.807, 2.05) is 0 Å². The number of hydrogen-bond acceptors (Lipinski definition) is 1. The molecule has 0 fully saturated rings. The molecule has 0 saturated heterocycles. The molecule has 0 saturated carbocycles. The molecule has 0 unspecified atom stereocenters. The summed E-state index contributed by atoms with van der Waals surface area (Å²) in [5, 5.41) is 3.13. The Labute approximate surface area is 74.5 Å². The molecule has 0 N–H and O–H groups in total. The molecule has 12 heavy (non-hydrogen) atoms. The summed E-state index contributed by atoms with van der Waals surface area (Å²) in [7, 11) is 0. The van der Waals surface area contributed by atoms with Gasteiger partial charge >= 0.3 is 6.07 Å². The summed E-state index contributed by atoms with van der Waals surface area (Å²) in [6, 6.07) is 2.78. The van der Waals surface area contributed by atoms with Crippen LogP contribution in [0.2, 0.25) is 0 Å². The largest absolute Gasteiger partial charge is 0.304 e. The van der Waals surface area contributed by atoms with Gasteiger partial charge in [0, 0.05) is 6.42 Å². The Balaban J connectivity index is 3.65. The van der Waals surface area contributed by atoms with E-state index in [0.29, 0.717) is 0 Å². The Bertz CT molecular complexity index is 186. The van der Waals surface area contributed by atoms with Crippen molar-refractivity contribution >= 4 is 0 Å². The van der Waals surface area contributed by atoms with E-state index in [0.717, 1.165) is 13.0 Å². The first-order chi connectivity index (χ1) is 5.62. The van der Waals surface area contributed by atoms with Crippen molar-refractivity contribution in [1.82, 2.24) is 5.53 Å². The topological polar surface area (TPSA) is 39.0 Å². The predicted molar refractivity (Wildman–Crippen MR) is 50.3 cm³/mol. The van der Waals surface area contributed by atoms with Gasteiger partial charge in [0.05, 0.1) is 0 Å². The maximum Gasteiger partial charge on any atom is 0.304 e. The third kappa shape index (κ3) is 5.84. The van der Waals surface area contributed by atoms with Gasteiger partial charge in [0.15, 0.2) is 0 Å². The van der Waals surface area contributed by atoms with E-state index in [2.05, 4.69) is 23.0 Å². The van der Waals surface area contributed by atoms with Crippen molar-refractivity contribution in [3.8, 4) is 6.07 Å². The smallest absolute Gasteiger partial charge is 0.141 e. The van der Waals surface area contributed by atoms with Crippen molar-refractivity contribution in [2.75, 3.05) is 6.54 Å². The highest BCUT2D eigenvalue weighted by atomic mass is 15.0. The number of unbranched alkanes of at least 4 members (excludes halogenated alkanes) is 2. The Morgan fingerprint density at radius 2 is 2.08 bits per heavy atom. The van der Waals surface area contributed by atoms with Crippen molar-refractivity contribution in [2.45, 2.75) is 45.6 Å². The average molecular weight is 167 g/mol. The maximum absolute atomic E-state index is 8.50. The first-order valence-electron chi connectivity index (χ1n) is 4.42. The van der Waals surface area contributed by atoms with Crippen molar-refractivity contribution in [3.05, 3.63) is 4.85 Å². The number of hydrogen-bond donors (Lipinski definition) is 0. The third-order valence-electron chi connectivity index (χ3n) is 1.48. The van der Waals surface area contributed by atoms with E-state index in [-0.39, 0.29) is 0 Å². The van der Waals surface area contributed by atoms with Crippen molar-refractivity contribution in [1.29, 1.82) is 0 Å². The van der Waals surface area contributed by atoms with E-state index < -0.39 is 5.54 Å². The quantitative estimate of drug-likeness (QED) is 0.456. The lowest BCUT2D eigenvalue weighted by molar-refractivity contribution is 0.642. The average Bonchev–Trinajstić information content (AvgIpc) is 2.04. The second-order valence-corrected chi connectivity index (χ2v) is 3.36. The highest BCUT2D eigenvalue weighted by Crippen LogP contribution is 2.05. The van der Waals surface area contributed by atoms with E-state index in [9.17, 15) is 0 Å². The number of nitrogens with zero attached hydrogens (tertiary/aromatic N) is 3. The second kappa shape index (κ2) is 5.70. The molecule has 0 aliphatic rings. The second-order valence-electron chi connectivity index (χ2n) is 3.36. The van der Waals surface area contributed by atoms with Gasteiger partial charge in [-0.2, -0.15) is 0 Å². The molecule has 0 aromatic heterocycles. The van der Waals surface area contributed by atoms with Crippen LogP contribution in [0.5, 0.6) is 0 Å². The predicted octanol–water partition coefficient (Wildman–Crippen LogP) is 2.54. The molecule has 0 spiro atoms. The minimum atomic E-state index is -0.647. The lowest BCUT2D eigenvalue weighted by atomic mass is 10.1. The van der Waals surface area contributed by atoms with E-state index in [1.165, 1.54) is 12.8 Å². The molecule has 3 heteroatoms. The van der Waals surface area contributed by atoms with Gasteiger partial charge in [-0.1, -0.05) is 18.2 Å². The van der Waals surface area contributed by atoms with Gasteiger partial charge in [0.1, 0.15) is 0 Å². The Kier molecular flexibility index (Phi) is 5.27. The first kappa shape index (κ1) is 11.1. The Morgan fingerprint density at radius 1 is 1.42 bits per heavy atom. The van der Waals surface area contributed by atoms with Crippen LogP contribution in [0.4, 0.5) is 0 Å². The summed E-state index contributed by atoms with van der Waals surface area (Å²) >= 11 is 0. The molecule has 0 aromatic rings. The number of rotatable bonds is 4. The summed E-state index contributed by atoms with van der Waals surface area (Å²) in [5.41, 5.74) is 7.85. The molecule has 0 heterocycles. The van der Waals surface area contributed by atoms with Gasteiger partial charge in [-0.3, -0.25) is 0 Å². The summed E-state index contributed by atoms with van der Waals surface area (Å²) < 4.78 is 0. The summed E-state index contributed by atoms with van der Waals surface area (Å²) in [6.45, 7) is 6.46. The molecular weight excluding hydrogens is 150 g/mol. The van der Waals surface area contributed by atoms with Crippen LogP contribution in [0.15, 0.2) is 5.11 Å². The standard InChI is InChI=1S/C9H17N3/c1-4-5-6-7-11-8-9(2,3)12-10/h4-7H2,1-3H3/q+1. The zero-order chi connectivity index (χ0) is 9.45. The molecule has 3 nitrogen and oxygen atoms in total. The molecular formula is C9H17N3+. The molecule has 0 amide bonds. The van der Waals surface area contributed by atoms with Gasteiger partial charge in [-0.15, -0.1) is 5.11 Å². The molecule has 0 bridgehead atoms. The summed E-state index contributed by atoms with van der Waals surface area (Å²) in [6.07, 6.45) is 3.48. The molecule has 0 aliphatic heterocycles. The SMILES string of the molecule is CCCCC[N+]#CC(C)(C)N=[N]. The lowest BCUT2D eigenvalue weighted by Crippen LogP contribution is -2.11. The fraction of sp³-hybridized carbons (Fsp3) is 0.889. The minimum absolute atomic E-state index is 0.647. The molecule has 0 atom stereocenters. The van der Waals surface area contributed by atoms with Crippen LogP contribution < -0.4 is 5.53 Å². The lowest BCUT2D eigenvalue weighted by Gasteiger charge is -1.96. The monoisotopic (exact) mass is 167 g/mol. The molecule has 0 aliphatic carbocycles. The van der Waals surface area contributed by atoms with Crippen LogP contribution in [0.25, 0.3) is 4.85 Å². The van der Waals surface area contributed by atoms with Crippen LogP contribution in [0.3, 0.4) is 0 Å². The zero-order valence-corrected chi connectivity index (χ0v) is 8.17. The molecule has 0 rings (SSSR count). The van der Waals surface area contributed by atoms with Crippen LogP contribution >= 0.6 is 0 Å². The van der Waals surface area contributed by atoms with Crippen molar-refractivity contribution < 1.29 is 0 Å². The molecule has 67 valence electrons. The fourth-order valence-corrected chi connectivity index (χ4v) is 0.713. The van der Waals surface area contributed by atoms with Crippen LogP contribution in [-0.4, -0.2) is 12.1 Å². The normalized spacial score (nSPS) is 10.2. The van der Waals surface area contributed by atoms with Crippen LogP contribution in [0, 0.1) is 6.07 Å². The molecule has 0 aromatic carbocycles. The van der Waals surface area contributed by atoms with Gasteiger partial charge in [-0.25, -0.2) is 0 Å². The van der Waals surface area contributed by atoms with Crippen LogP contribution in [-0.2, 0) is 0 Å². The Hall–Kier alpha value is -0.910. The van der Waals surface area contributed by atoms with Gasteiger partial charge in [0.2, 0.25) is 5.54 Å². The third-order valence-corrected chi connectivity index (χ3v) is 1.48. The van der Waals surface area contributed by atoms with Gasteiger partial charge < -0.3 is 0 Å². The van der Waals surface area contributed by atoms with Gasteiger partial charge in [0.25, 0.3) is 6.54 Å². The summed E-state index contributed by atoms with van der Waals surface area (Å²) in [5.74, 6) is 0. The molecule has 1 radical (unpaired) electrons. The minimum Gasteiger partial charge on any atom is -0.141 e. The maximum atomic E-state index is 8.50. The fourth-order valence-electron chi connectivity index (χ4n) is 0.713. The van der Waals surface area contributed by atoms with E-state index >= 15 is 0 Å². The van der Waals surface area contributed by atoms with E-state index in [1.54, 1.807) is 13.8 Å². The summed E-state index contributed by atoms with van der Waals surface area (Å²) in [4.78, 5) is 4.05. The van der Waals surface area contributed by atoms with Gasteiger partial charge in [-0.05, 0) is 25.8 Å². The highest BCUT2D eigenvalue weighted by Gasteiger charge is 2.19. The van der Waals surface area contributed by atoms with Crippen molar-refractivity contribution in [2.24, 2.45) is 5.11 Å². The van der Waals surface area contributed by atoms with Crippen molar-refractivity contribution in [3.63, 3.8) is 0 Å². The van der Waals surface area contributed by atoms with Crippen LogP contribution in [0.1, 0.15) is 40.0 Å². The zero-order valence-electron chi connectivity index (χ0n) is 8.17. The first-order valence-corrected chi connectivity index (χ1v) is 4.42. The Morgan fingerprint density at radius 3 is 2.58 bits per heavy atom. The highest BCUT2D eigenvalue weighted by molar-refractivity contribution is 5.06. The van der Waals surface area contributed by atoms with E-state index in [4.69, 9.17) is 5.53 Å².